The highest BCUT2D eigenvalue weighted by atomic mass is 32.1. The standard InChI is InChI=1S/C10H18O3S/c1-12-8-4-2-3-5-9(7-6-8)13-10(11)14/h3,5,8-11,14H,2,4,6-7H2,1H3. The quantitative estimate of drug-likeness (QED) is 0.430. The zero-order valence-electron chi connectivity index (χ0n) is 8.43. The Balaban J connectivity index is 2.40. The van der Waals surface area contributed by atoms with Crippen LogP contribution in [-0.2, 0) is 9.47 Å². The van der Waals surface area contributed by atoms with Crippen molar-refractivity contribution in [3.8, 4) is 0 Å². The van der Waals surface area contributed by atoms with Crippen LogP contribution in [0.3, 0.4) is 0 Å². The number of aliphatic hydroxyl groups excluding tert-OH is 1. The highest BCUT2D eigenvalue weighted by molar-refractivity contribution is 7.80. The van der Waals surface area contributed by atoms with E-state index in [1.54, 1.807) is 7.11 Å². The van der Waals surface area contributed by atoms with Crippen molar-refractivity contribution in [1.82, 2.24) is 0 Å². The summed E-state index contributed by atoms with van der Waals surface area (Å²) in [4.78, 5) is 0. The van der Waals surface area contributed by atoms with E-state index in [0.717, 1.165) is 25.7 Å². The van der Waals surface area contributed by atoms with Gasteiger partial charge in [-0.2, -0.15) is 0 Å². The summed E-state index contributed by atoms with van der Waals surface area (Å²) in [5.74, 6) is 0. The summed E-state index contributed by atoms with van der Waals surface area (Å²) in [6.45, 7) is 0. The minimum absolute atomic E-state index is 0.0413. The zero-order valence-corrected chi connectivity index (χ0v) is 9.32. The molecule has 3 unspecified atom stereocenters. The molecule has 0 amide bonds. The van der Waals surface area contributed by atoms with E-state index in [-0.39, 0.29) is 6.10 Å². The molecule has 1 N–H and O–H groups in total. The van der Waals surface area contributed by atoms with Gasteiger partial charge in [-0.3, -0.25) is 0 Å². The average molecular weight is 218 g/mol. The number of methoxy groups -OCH3 is 1. The molecule has 0 fully saturated rings. The second-order valence-electron chi connectivity index (χ2n) is 3.44. The Morgan fingerprint density at radius 3 is 2.86 bits per heavy atom. The van der Waals surface area contributed by atoms with Gasteiger partial charge in [0.15, 0.2) is 0 Å². The number of aliphatic hydroxyl groups is 1. The van der Waals surface area contributed by atoms with Crippen molar-refractivity contribution in [3.63, 3.8) is 0 Å². The van der Waals surface area contributed by atoms with Crippen molar-refractivity contribution in [2.45, 2.75) is 43.5 Å². The first kappa shape index (κ1) is 12.0. The van der Waals surface area contributed by atoms with Gasteiger partial charge in [-0.05, 0) is 25.7 Å². The van der Waals surface area contributed by atoms with Gasteiger partial charge in [0.1, 0.15) is 0 Å². The van der Waals surface area contributed by atoms with Gasteiger partial charge in [0, 0.05) is 7.11 Å². The minimum atomic E-state index is -0.995. The Hall–Kier alpha value is -0.0300. The van der Waals surface area contributed by atoms with Gasteiger partial charge < -0.3 is 14.6 Å². The Labute approximate surface area is 90.5 Å². The highest BCUT2D eigenvalue weighted by Gasteiger charge is 2.15. The molecule has 0 saturated heterocycles. The zero-order chi connectivity index (χ0) is 10.4. The first-order valence-electron chi connectivity index (χ1n) is 4.93. The molecule has 0 aromatic rings. The van der Waals surface area contributed by atoms with Crippen LogP contribution in [0.15, 0.2) is 12.2 Å². The average Bonchev–Trinajstić information content (AvgIpc) is 2.10. The van der Waals surface area contributed by atoms with Crippen molar-refractivity contribution in [2.75, 3.05) is 7.11 Å². The third kappa shape index (κ3) is 4.46. The summed E-state index contributed by atoms with van der Waals surface area (Å²) in [6, 6.07) is 0. The minimum Gasteiger partial charge on any atom is -0.381 e. The largest absolute Gasteiger partial charge is 0.381 e. The van der Waals surface area contributed by atoms with Gasteiger partial charge in [0.2, 0.25) is 5.62 Å². The number of rotatable bonds is 3. The molecule has 1 aliphatic rings. The van der Waals surface area contributed by atoms with Crippen LogP contribution >= 0.6 is 12.6 Å². The van der Waals surface area contributed by atoms with E-state index in [4.69, 9.17) is 14.6 Å². The number of hydrogen-bond donors (Lipinski definition) is 2. The fourth-order valence-electron chi connectivity index (χ4n) is 1.63. The lowest BCUT2D eigenvalue weighted by Crippen LogP contribution is -2.21. The van der Waals surface area contributed by atoms with Gasteiger partial charge in [0.05, 0.1) is 12.2 Å². The van der Waals surface area contributed by atoms with Crippen molar-refractivity contribution in [1.29, 1.82) is 0 Å². The first-order valence-corrected chi connectivity index (χ1v) is 5.45. The second kappa shape index (κ2) is 6.45. The maximum Gasteiger partial charge on any atom is 0.202 e. The Morgan fingerprint density at radius 2 is 2.21 bits per heavy atom. The molecule has 0 aromatic heterocycles. The molecule has 3 nitrogen and oxygen atoms in total. The van der Waals surface area contributed by atoms with Crippen LogP contribution in [0, 0.1) is 0 Å². The van der Waals surface area contributed by atoms with E-state index in [9.17, 15) is 0 Å². The predicted molar refractivity (Wildman–Crippen MR) is 58.3 cm³/mol. The smallest absolute Gasteiger partial charge is 0.202 e. The summed E-state index contributed by atoms with van der Waals surface area (Å²) in [6.07, 6.45) is 8.23. The lowest BCUT2D eigenvalue weighted by molar-refractivity contribution is -0.0653. The van der Waals surface area contributed by atoms with Gasteiger partial charge in [-0.1, -0.05) is 12.2 Å². The molecule has 3 atom stereocenters. The third-order valence-electron chi connectivity index (χ3n) is 2.41. The van der Waals surface area contributed by atoms with Crippen LogP contribution in [0.2, 0.25) is 0 Å². The van der Waals surface area contributed by atoms with Crippen LogP contribution in [0.4, 0.5) is 0 Å². The van der Waals surface area contributed by atoms with Crippen LogP contribution in [0.25, 0.3) is 0 Å². The van der Waals surface area contributed by atoms with Crippen LogP contribution in [0.5, 0.6) is 0 Å². The summed E-state index contributed by atoms with van der Waals surface area (Å²) >= 11 is 3.78. The molecule has 1 aliphatic carbocycles. The molecule has 0 saturated carbocycles. The van der Waals surface area contributed by atoms with Crippen molar-refractivity contribution in [3.05, 3.63) is 12.2 Å². The summed E-state index contributed by atoms with van der Waals surface area (Å²) < 4.78 is 10.5. The molecule has 0 bridgehead atoms. The SMILES string of the molecule is COC1CCC=CC(OC(O)S)CC1. The molecule has 0 aliphatic heterocycles. The molecule has 0 aromatic carbocycles. The number of hydrogen-bond acceptors (Lipinski definition) is 4. The van der Waals surface area contributed by atoms with Crippen LogP contribution < -0.4 is 0 Å². The topological polar surface area (TPSA) is 38.7 Å². The van der Waals surface area contributed by atoms with Gasteiger partial charge in [-0.25, -0.2) is 0 Å². The second-order valence-corrected chi connectivity index (χ2v) is 3.88. The Bertz CT molecular complexity index is 182. The molecule has 1 rings (SSSR count). The lowest BCUT2D eigenvalue weighted by Gasteiger charge is -2.21. The summed E-state index contributed by atoms with van der Waals surface area (Å²) in [5.41, 5.74) is -0.995. The summed E-state index contributed by atoms with van der Waals surface area (Å²) in [5, 5.41) is 8.97. The summed E-state index contributed by atoms with van der Waals surface area (Å²) in [7, 11) is 1.74. The lowest BCUT2D eigenvalue weighted by atomic mass is 10.0. The first-order chi connectivity index (χ1) is 6.72. The predicted octanol–water partition coefficient (Wildman–Crippen LogP) is 1.72. The van der Waals surface area contributed by atoms with Gasteiger partial charge in [-0.15, -0.1) is 12.6 Å². The molecule has 4 heteroatoms. The van der Waals surface area contributed by atoms with Crippen molar-refractivity contribution in [2.24, 2.45) is 0 Å². The number of thiol groups is 1. The normalized spacial score (nSPS) is 30.8. The monoisotopic (exact) mass is 218 g/mol. The highest BCUT2D eigenvalue weighted by Crippen LogP contribution is 2.18. The van der Waals surface area contributed by atoms with Crippen molar-refractivity contribution < 1.29 is 14.6 Å². The number of ether oxygens (including phenoxy) is 2. The van der Waals surface area contributed by atoms with E-state index in [1.807, 2.05) is 6.08 Å². The number of allylic oxidation sites excluding steroid dienone is 1. The van der Waals surface area contributed by atoms with E-state index in [2.05, 4.69) is 18.7 Å². The van der Waals surface area contributed by atoms with E-state index in [0.29, 0.717) is 6.10 Å². The molecule has 14 heavy (non-hydrogen) atoms. The fourth-order valence-corrected chi connectivity index (χ4v) is 1.78. The van der Waals surface area contributed by atoms with E-state index < -0.39 is 5.62 Å². The molecular formula is C10H18O3S. The van der Waals surface area contributed by atoms with Gasteiger partial charge >= 0.3 is 0 Å². The van der Waals surface area contributed by atoms with Crippen molar-refractivity contribution >= 4 is 12.6 Å². The van der Waals surface area contributed by atoms with Gasteiger partial charge in [0.25, 0.3) is 0 Å². The van der Waals surface area contributed by atoms with Crippen LogP contribution in [-0.4, -0.2) is 30.0 Å². The molecular weight excluding hydrogens is 200 g/mol. The maximum absolute atomic E-state index is 8.97. The molecule has 82 valence electrons. The third-order valence-corrected chi connectivity index (χ3v) is 2.53. The Morgan fingerprint density at radius 1 is 1.43 bits per heavy atom. The maximum atomic E-state index is 8.97. The molecule has 0 radical (unpaired) electrons. The van der Waals surface area contributed by atoms with E-state index >= 15 is 0 Å². The molecule has 0 heterocycles. The molecule has 0 spiro atoms. The fraction of sp³-hybridized carbons (Fsp3) is 0.800. The van der Waals surface area contributed by atoms with Crippen LogP contribution in [0.1, 0.15) is 25.7 Å². The van der Waals surface area contributed by atoms with E-state index in [1.165, 1.54) is 0 Å². The Kier molecular flexibility index (Phi) is 5.55.